The van der Waals surface area contributed by atoms with E-state index in [-0.39, 0.29) is 0 Å². The Labute approximate surface area is 331 Å². The van der Waals surface area contributed by atoms with Crippen LogP contribution in [0, 0.1) is 0 Å². The minimum atomic E-state index is 0.642. The lowest BCUT2D eigenvalue weighted by atomic mass is 9.86. The molecule has 0 bridgehead atoms. The molecule has 1 aliphatic rings. The Morgan fingerprint density at radius 3 is 1.60 bits per heavy atom. The van der Waals surface area contributed by atoms with Gasteiger partial charge in [-0.15, -0.1) is 0 Å². The number of para-hydroxylation sites is 2. The molecule has 1 aliphatic heterocycles. The Hall–Kier alpha value is -7.69. The largest absolute Gasteiger partial charge is 0.309 e. The summed E-state index contributed by atoms with van der Waals surface area (Å²) in [5.41, 5.74) is 13.3. The summed E-state index contributed by atoms with van der Waals surface area (Å²) < 4.78 is 0. The molecule has 0 aliphatic carbocycles. The highest BCUT2D eigenvalue weighted by Gasteiger charge is 2.30. The first-order valence-corrected chi connectivity index (χ1v) is 19.3. The number of fused-ring (bicyclic) bond motifs is 3. The van der Waals surface area contributed by atoms with Crippen LogP contribution in [-0.2, 0) is 0 Å². The maximum atomic E-state index is 5.14. The molecule has 2 heterocycles. The van der Waals surface area contributed by atoms with E-state index in [2.05, 4.69) is 175 Å². The fraction of sp³-hybridized carbons (Fsp3) is 0. The van der Waals surface area contributed by atoms with Gasteiger partial charge in [-0.1, -0.05) is 176 Å². The summed E-state index contributed by atoms with van der Waals surface area (Å²) in [6.07, 6.45) is 0. The monoisotopic (exact) mass is 726 g/mol. The number of rotatable bonds is 6. The zero-order chi connectivity index (χ0) is 37.7. The Balaban J connectivity index is 1.10. The second-order valence-electron chi connectivity index (χ2n) is 14.4. The summed E-state index contributed by atoms with van der Waals surface area (Å²) in [7, 11) is 0. The van der Waals surface area contributed by atoms with Crippen molar-refractivity contribution in [3.8, 4) is 67.5 Å². The van der Waals surface area contributed by atoms with Crippen molar-refractivity contribution in [3.63, 3.8) is 0 Å². The minimum Gasteiger partial charge on any atom is -0.309 e. The van der Waals surface area contributed by atoms with E-state index in [4.69, 9.17) is 15.0 Å². The van der Waals surface area contributed by atoms with Gasteiger partial charge in [-0.05, 0) is 68.7 Å². The third kappa shape index (κ3) is 5.66. The molecule has 4 nitrogen and oxygen atoms in total. The van der Waals surface area contributed by atoms with E-state index in [0.717, 1.165) is 50.1 Å². The Morgan fingerprint density at radius 1 is 0.316 bits per heavy atom. The topological polar surface area (TPSA) is 41.9 Å². The van der Waals surface area contributed by atoms with E-state index in [1.54, 1.807) is 0 Å². The van der Waals surface area contributed by atoms with E-state index >= 15 is 0 Å². The van der Waals surface area contributed by atoms with Crippen molar-refractivity contribution in [3.05, 3.63) is 206 Å². The lowest BCUT2D eigenvalue weighted by Gasteiger charge is -2.35. The molecule has 11 rings (SSSR count). The lowest BCUT2D eigenvalue weighted by molar-refractivity contribution is 1.08. The van der Waals surface area contributed by atoms with Gasteiger partial charge in [0.25, 0.3) is 0 Å². The SMILES string of the molecule is c1ccc(-c2nc(-c3ccccc3)nc(-c3ccc4c5c(cccc35)-c3cccc(-c5ccc(-c6ccc7ccccc7c6)cc5)c3N4c3ccccc3)n2)cc1. The molecule has 10 aromatic rings. The Morgan fingerprint density at radius 2 is 0.877 bits per heavy atom. The fourth-order valence-electron chi connectivity index (χ4n) is 8.33. The van der Waals surface area contributed by atoms with Gasteiger partial charge < -0.3 is 4.90 Å². The lowest BCUT2D eigenvalue weighted by Crippen LogP contribution is -2.16. The second-order valence-corrected chi connectivity index (χ2v) is 14.4. The molecule has 0 saturated carbocycles. The van der Waals surface area contributed by atoms with Gasteiger partial charge in [-0.25, -0.2) is 15.0 Å². The number of anilines is 3. The second kappa shape index (κ2) is 13.6. The van der Waals surface area contributed by atoms with Crippen LogP contribution in [0.2, 0.25) is 0 Å². The van der Waals surface area contributed by atoms with Crippen LogP contribution in [-0.4, -0.2) is 15.0 Å². The maximum absolute atomic E-state index is 5.14. The molecule has 57 heavy (non-hydrogen) atoms. The predicted octanol–water partition coefficient (Wildman–Crippen LogP) is 14.0. The molecular weight excluding hydrogens is 693 g/mol. The summed E-state index contributed by atoms with van der Waals surface area (Å²) in [6.45, 7) is 0. The van der Waals surface area contributed by atoms with Crippen molar-refractivity contribution >= 4 is 38.6 Å². The Kier molecular flexibility index (Phi) is 7.78. The van der Waals surface area contributed by atoms with Gasteiger partial charge in [0.15, 0.2) is 17.5 Å². The van der Waals surface area contributed by atoms with Crippen LogP contribution in [0.4, 0.5) is 17.1 Å². The van der Waals surface area contributed by atoms with Gasteiger partial charge in [-0.3, -0.25) is 0 Å². The van der Waals surface area contributed by atoms with Crippen LogP contribution in [0.3, 0.4) is 0 Å². The van der Waals surface area contributed by atoms with E-state index < -0.39 is 0 Å². The van der Waals surface area contributed by atoms with Crippen LogP contribution in [0.25, 0.3) is 89.1 Å². The Bertz CT molecular complexity index is 3050. The molecule has 9 aromatic carbocycles. The van der Waals surface area contributed by atoms with Gasteiger partial charge in [0.2, 0.25) is 0 Å². The highest BCUT2D eigenvalue weighted by Crippen LogP contribution is 2.55. The zero-order valence-electron chi connectivity index (χ0n) is 30.9. The van der Waals surface area contributed by atoms with E-state index in [9.17, 15) is 0 Å². The smallest absolute Gasteiger partial charge is 0.164 e. The van der Waals surface area contributed by atoms with Gasteiger partial charge in [0, 0.05) is 38.9 Å². The first-order valence-electron chi connectivity index (χ1n) is 19.3. The first kappa shape index (κ1) is 32.7. The average Bonchev–Trinajstić information content (AvgIpc) is 3.29. The maximum Gasteiger partial charge on any atom is 0.164 e. The van der Waals surface area contributed by atoms with Crippen molar-refractivity contribution in [1.29, 1.82) is 0 Å². The van der Waals surface area contributed by atoms with Crippen molar-refractivity contribution < 1.29 is 0 Å². The van der Waals surface area contributed by atoms with Crippen LogP contribution < -0.4 is 4.90 Å². The number of hydrogen-bond donors (Lipinski definition) is 0. The van der Waals surface area contributed by atoms with Crippen molar-refractivity contribution in [1.82, 2.24) is 15.0 Å². The first-order chi connectivity index (χ1) is 28.3. The molecule has 0 spiro atoms. The van der Waals surface area contributed by atoms with E-state index in [1.165, 1.54) is 38.6 Å². The van der Waals surface area contributed by atoms with E-state index in [0.29, 0.717) is 17.5 Å². The number of hydrogen-bond acceptors (Lipinski definition) is 4. The van der Waals surface area contributed by atoms with Gasteiger partial charge in [0.05, 0.1) is 11.4 Å². The zero-order valence-corrected chi connectivity index (χ0v) is 30.9. The highest BCUT2D eigenvalue weighted by atomic mass is 15.2. The van der Waals surface area contributed by atoms with Crippen LogP contribution in [0.1, 0.15) is 0 Å². The molecule has 0 radical (unpaired) electrons. The van der Waals surface area contributed by atoms with E-state index in [1.807, 2.05) is 36.4 Å². The number of benzene rings is 9. The number of nitrogens with zero attached hydrogens (tertiary/aromatic N) is 4. The van der Waals surface area contributed by atoms with Gasteiger partial charge in [-0.2, -0.15) is 0 Å². The fourth-order valence-corrected chi connectivity index (χ4v) is 8.33. The summed E-state index contributed by atoms with van der Waals surface area (Å²) in [5.74, 6) is 1.93. The molecule has 0 unspecified atom stereocenters. The molecule has 1 aromatic heterocycles. The molecule has 0 saturated heterocycles. The van der Waals surface area contributed by atoms with Crippen molar-refractivity contribution in [2.45, 2.75) is 0 Å². The molecule has 266 valence electrons. The number of aromatic nitrogens is 3. The van der Waals surface area contributed by atoms with Gasteiger partial charge in [0.1, 0.15) is 0 Å². The van der Waals surface area contributed by atoms with Gasteiger partial charge >= 0.3 is 0 Å². The molecule has 0 N–H and O–H groups in total. The molecule has 4 heteroatoms. The molecule has 0 fully saturated rings. The molecule has 0 atom stereocenters. The summed E-state index contributed by atoms with van der Waals surface area (Å²) >= 11 is 0. The predicted molar refractivity (Wildman–Crippen MR) is 236 cm³/mol. The molecule has 0 amide bonds. The minimum absolute atomic E-state index is 0.642. The van der Waals surface area contributed by atoms with Crippen molar-refractivity contribution in [2.24, 2.45) is 0 Å². The summed E-state index contributed by atoms with van der Waals surface area (Å²) in [4.78, 5) is 17.7. The summed E-state index contributed by atoms with van der Waals surface area (Å²) in [5, 5.41) is 4.75. The summed E-state index contributed by atoms with van der Waals surface area (Å²) in [6, 6.07) is 73.0. The standard InChI is InChI=1S/C53H34N4/c1-4-15-38(16-5-1)51-54-52(39-17-6-2-7-18-39)56-53(55-51)47-32-33-48-49-44(23-13-24-45(47)49)46-25-12-22-43(50(46)57(48)42-20-8-3-9-21-42)37-29-26-36(27-30-37)41-31-28-35-14-10-11-19-40(35)34-41/h1-34H. The molecular formula is C53H34N4. The average molecular weight is 727 g/mol. The third-order valence-corrected chi connectivity index (χ3v) is 11.0. The van der Waals surface area contributed by atoms with Crippen LogP contribution >= 0.6 is 0 Å². The third-order valence-electron chi connectivity index (χ3n) is 11.0. The van der Waals surface area contributed by atoms with Crippen LogP contribution in [0.15, 0.2) is 206 Å². The quantitative estimate of drug-likeness (QED) is 0.171. The highest BCUT2D eigenvalue weighted by molar-refractivity contribution is 6.18. The van der Waals surface area contributed by atoms with Crippen molar-refractivity contribution in [2.75, 3.05) is 4.90 Å². The normalized spacial score (nSPS) is 11.8. The van der Waals surface area contributed by atoms with Crippen LogP contribution in [0.5, 0.6) is 0 Å².